The van der Waals surface area contributed by atoms with Crippen LogP contribution in [0.1, 0.15) is 18.9 Å². The smallest absolute Gasteiger partial charge is 0.382 e. The molecule has 5 heterocycles. The summed E-state index contributed by atoms with van der Waals surface area (Å²) in [5.74, 6) is -0.0427. The fraction of sp³-hybridized carbons (Fsp3) is 0.550. The molecule has 24 heteroatoms. The van der Waals surface area contributed by atoms with E-state index < -0.39 is 83.2 Å². The van der Waals surface area contributed by atoms with E-state index in [0.29, 0.717) is 0 Å². The maximum Gasteiger partial charge on any atom is 0.502 e. The van der Waals surface area contributed by atoms with Crippen molar-refractivity contribution < 1.29 is 60.3 Å². The molecular formula is C20H25F2N7O13P2. The molecule has 0 radical (unpaired) electrons. The van der Waals surface area contributed by atoms with Crippen molar-refractivity contribution in [1.82, 2.24) is 29.1 Å². The third kappa shape index (κ3) is 6.95. The first kappa shape index (κ1) is 32.4. The third-order valence-electron chi connectivity index (χ3n) is 6.47. The Morgan fingerprint density at radius 3 is 2.57 bits per heavy atom. The Morgan fingerprint density at radius 2 is 1.86 bits per heavy atom. The van der Waals surface area contributed by atoms with Crippen LogP contribution in [-0.2, 0) is 41.7 Å². The molecule has 242 valence electrons. The number of alkyl halides is 2. The normalized spacial score (nSPS) is 28.9. The molecule has 44 heavy (non-hydrogen) atoms. The molecular weight excluding hydrogens is 646 g/mol. The minimum absolute atomic E-state index is 0.0198. The third-order valence-corrected chi connectivity index (χ3v) is 8.25. The van der Waals surface area contributed by atoms with Crippen LogP contribution in [0.3, 0.4) is 0 Å². The number of phosphoric acid groups is 2. The topological polar surface area (TPSA) is 264 Å². The highest BCUT2D eigenvalue weighted by atomic mass is 31.2. The zero-order valence-electron chi connectivity index (χ0n) is 22.3. The van der Waals surface area contributed by atoms with E-state index in [-0.39, 0.29) is 23.4 Å². The Balaban J connectivity index is 1.37. The molecule has 2 saturated heterocycles. The van der Waals surface area contributed by atoms with E-state index in [1.807, 2.05) is 4.98 Å². The molecule has 3 aromatic heterocycles. The molecule has 3 aromatic rings. The van der Waals surface area contributed by atoms with Gasteiger partial charge in [-0.05, 0) is 0 Å². The van der Waals surface area contributed by atoms with Gasteiger partial charge in [0.05, 0.1) is 26.7 Å². The summed E-state index contributed by atoms with van der Waals surface area (Å²) in [5, 5.41) is 0. The molecule has 0 aromatic carbocycles. The predicted octanol–water partition coefficient (Wildman–Crippen LogP) is 0.0170. The fourth-order valence-electron chi connectivity index (χ4n) is 4.53. The molecule has 2 aliphatic heterocycles. The zero-order valence-corrected chi connectivity index (χ0v) is 24.1. The van der Waals surface area contributed by atoms with Crippen molar-refractivity contribution >= 4 is 32.6 Å². The van der Waals surface area contributed by atoms with Crippen LogP contribution >= 0.6 is 15.6 Å². The van der Waals surface area contributed by atoms with E-state index in [0.717, 1.165) is 41.2 Å². The van der Waals surface area contributed by atoms with Gasteiger partial charge >= 0.3 is 21.3 Å². The van der Waals surface area contributed by atoms with Crippen LogP contribution in [0.15, 0.2) is 34.5 Å². The second-order valence-corrected chi connectivity index (χ2v) is 12.1. The number of nitrogens with zero attached hydrogens (tertiary/aromatic N) is 5. The number of H-pyrrole nitrogens is 1. The van der Waals surface area contributed by atoms with E-state index in [2.05, 4.69) is 24.4 Å². The van der Waals surface area contributed by atoms with Gasteiger partial charge < -0.3 is 25.0 Å². The number of ether oxygens (including phenoxy) is 2. The SMILES string of the molecule is COOP(=O)(OC[C@H]1O[C@@H](n2ccc(=O)[nH]c2=O)C[C@@H]1F)O[C@@H]1[C@H](F)[C@@H](COP(=O)(O)O)O[C@H]1n1cnc2c(N)ncnc21. The number of nitrogens with two attached hydrogens (primary N) is 1. The highest BCUT2D eigenvalue weighted by molar-refractivity contribution is 7.48. The molecule has 5 N–H and O–H groups in total. The molecule has 1 unspecified atom stereocenters. The van der Waals surface area contributed by atoms with Crippen LogP contribution in [0.2, 0.25) is 0 Å². The maximum atomic E-state index is 15.7. The van der Waals surface area contributed by atoms with Crippen molar-refractivity contribution in [2.75, 3.05) is 26.1 Å². The van der Waals surface area contributed by atoms with Crippen LogP contribution in [0.5, 0.6) is 0 Å². The van der Waals surface area contributed by atoms with E-state index in [4.69, 9.17) is 38.7 Å². The first-order valence-corrected chi connectivity index (χ1v) is 15.5. The number of rotatable bonds is 12. The Labute approximate surface area is 243 Å². The number of phosphoric ester groups is 2. The average molecular weight is 671 g/mol. The summed E-state index contributed by atoms with van der Waals surface area (Å²) in [6.45, 7) is -1.78. The van der Waals surface area contributed by atoms with Crippen molar-refractivity contribution in [2.24, 2.45) is 0 Å². The van der Waals surface area contributed by atoms with Crippen molar-refractivity contribution in [2.45, 2.75) is 49.5 Å². The quantitative estimate of drug-likeness (QED) is 0.112. The van der Waals surface area contributed by atoms with Gasteiger partial charge in [0.15, 0.2) is 23.9 Å². The van der Waals surface area contributed by atoms with Gasteiger partial charge in [0.2, 0.25) is 0 Å². The number of imidazole rings is 1. The Kier molecular flexibility index (Phi) is 9.40. The number of hydrogen-bond donors (Lipinski definition) is 4. The Morgan fingerprint density at radius 1 is 1.11 bits per heavy atom. The molecule has 0 bridgehead atoms. The summed E-state index contributed by atoms with van der Waals surface area (Å²) < 4.78 is 88.3. The lowest BCUT2D eigenvalue weighted by Crippen LogP contribution is -2.33. The number of aromatic nitrogens is 6. The van der Waals surface area contributed by atoms with E-state index in [1.54, 1.807) is 0 Å². The summed E-state index contributed by atoms with van der Waals surface area (Å²) in [6, 6.07) is 1.03. The number of aromatic amines is 1. The second kappa shape index (κ2) is 12.8. The molecule has 0 saturated carbocycles. The van der Waals surface area contributed by atoms with E-state index >= 15 is 4.39 Å². The Bertz CT molecular complexity index is 1700. The number of halogens is 2. The van der Waals surface area contributed by atoms with E-state index in [1.165, 1.54) is 0 Å². The van der Waals surface area contributed by atoms with Crippen molar-refractivity contribution in [3.63, 3.8) is 0 Å². The number of fused-ring (bicyclic) bond motifs is 1. The lowest BCUT2D eigenvalue weighted by molar-refractivity contribution is -0.208. The van der Waals surface area contributed by atoms with Gasteiger partial charge in [0.25, 0.3) is 5.56 Å². The van der Waals surface area contributed by atoms with Crippen molar-refractivity contribution in [3.05, 3.63) is 45.8 Å². The molecule has 0 aliphatic carbocycles. The van der Waals surface area contributed by atoms with Crippen LogP contribution in [-0.4, -0.2) is 89.8 Å². The lowest BCUT2D eigenvalue weighted by Gasteiger charge is -2.25. The Hall–Kier alpha value is -3.01. The minimum Gasteiger partial charge on any atom is -0.382 e. The lowest BCUT2D eigenvalue weighted by atomic mass is 10.1. The average Bonchev–Trinajstić information content (AvgIpc) is 3.62. The zero-order chi connectivity index (χ0) is 31.8. The predicted molar refractivity (Wildman–Crippen MR) is 138 cm³/mol. The molecule has 0 amide bonds. The van der Waals surface area contributed by atoms with Gasteiger partial charge in [0, 0.05) is 18.7 Å². The number of anilines is 1. The second-order valence-electron chi connectivity index (χ2n) is 9.33. The first-order chi connectivity index (χ1) is 20.8. The van der Waals surface area contributed by atoms with Gasteiger partial charge in [-0.3, -0.25) is 32.5 Å². The monoisotopic (exact) mass is 671 g/mol. The first-order valence-electron chi connectivity index (χ1n) is 12.5. The number of nitrogen functional groups attached to an aromatic ring is 1. The molecule has 20 nitrogen and oxygen atoms in total. The number of hydrogen-bond acceptors (Lipinski definition) is 15. The van der Waals surface area contributed by atoms with Gasteiger partial charge in [-0.2, -0.15) is 0 Å². The van der Waals surface area contributed by atoms with Crippen LogP contribution in [0.4, 0.5) is 14.6 Å². The highest BCUT2D eigenvalue weighted by Crippen LogP contribution is 2.55. The molecule has 0 spiro atoms. The fourth-order valence-corrected chi connectivity index (χ4v) is 6.04. The highest BCUT2D eigenvalue weighted by Gasteiger charge is 2.52. The van der Waals surface area contributed by atoms with E-state index in [9.17, 15) is 23.1 Å². The van der Waals surface area contributed by atoms with Crippen LogP contribution in [0, 0.1) is 0 Å². The van der Waals surface area contributed by atoms with Crippen molar-refractivity contribution in [1.29, 1.82) is 0 Å². The van der Waals surface area contributed by atoms with Crippen molar-refractivity contribution in [3.8, 4) is 0 Å². The summed E-state index contributed by atoms with van der Waals surface area (Å²) in [4.78, 5) is 59.9. The summed E-state index contributed by atoms with van der Waals surface area (Å²) >= 11 is 0. The maximum absolute atomic E-state index is 15.7. The van der Waals surface area contributed by atoms with Gasteiger partial charge in [0.1, 0.15) is 42.6 Å². The number of nitrogens with one attached hydrogen (secondary N) is 1. The summed E-state index contributed by atoms with van der Waals surface area (Å²) in [5.41, 5.74) is 4.38. The standard InChI is InChI=1S/C20H25F2N7O13P2/c1-36-42-44(35,38-5-10-9(21)4-13(39-10)28-3-2-12(30)27-20(28)31)41-16-14(22)11(6-37-43(32,33)34)40-19(16)29-8-26-15-17(23)24-7-25-18(15)29/h2-3,7-11,13-14,16,19H,4-6H2,1H3,(H2,23,24,25)(H,27,30,31)(H2,32,33,34)/t9-,10+,11+,13+,14+,16+,19+,44?/m0/s1. The molecule has 8 atom stereocenters. The summed E-state index contributed by atoms with van der Waals surface area (Å²) in [7, 11) is -9.10. The van der Waals surface area contributed by atoms with Crippen LogP contribution in [0.25, 0.3) is 11.2 Å². The minimum atomic E-state index is -5.06. The summed E-state index contributed by atoms with van der Waals surface area (Å²) in [6.07, 6.45) is -8.90. The van der Waals surface area contributed by atoms with Crippen LogP contribution < -0.4 is 17.0 Å². The molecule has 5 rings (SSSR count). The molecule has 2 aliphatic rings. The van der Waals surface area contributed by atoms with Gasteiger partial charge in [-0.25, -0.2) is 42.5 Å². The largest absolute Gasteiger partial charge is 0.502 e. The van der Waals surface area contributed by atoms with Gasteiger partial charge in [-0.15, -0.1) is 4.67 Å². The van der Waals surface area contributed by atoms with Gasteiger partial charge in [-0.1, -0.05) is 0 Å². The molecule has 2 fully saturated rings.